The van der Waals surface area contributed by atoms with E-state index in [2.05, 4.69) is 72.8 Å². The first kappa shape index (κ1) is 10.9. The summed E-state index contributed by atoms with van der Waals surface area (Å²) >= 11 is 1.86. The average molecular weight is 260 g/mol. The molecule has 0 saturated heterocycles. The van der Waals surface area contributed by atoms with Crippen molar-refractivity contribution in [3.05, 3.63) is 77.9 Å². The summed E-state index contributed by atoms with van der Waals surface area (Å²) in [7, 11) is 0. The van der Waals surface area contributed by atoms with Crippen LogP contribution < -0.4 is 0 Å². The van der Waals surface area contributed by atoms with Gasteiger partial charge in [-0.15, -0.1) is 0 Å². The van der Waals surface area contributed by atoms with E-state index in [0.29, 0.717) is 0 Å². The number of hydrogen-bond donors (Lipinski definition) is 0. The van der Waals surface area contributed by atoms with Crippen molar-refractivity contribution in [3.8, 4) is 0 Å². The van der Waals surface area contributed by atoms with Gasteiger partial charge >= 0.3 is 0 Å². The van der Waals surface area contributed by atoms with Crippen LogP contribution in [0.2, 0.25) is 0 Å². The molecule has 1 aliphatic rings. The zero-order chi connectivity index (χ0) is 12.7. The molecule has 0 aliphatic carbocycles. The van der Waals surface area contributed by atoms with Crippen molar-refractivity contribution in [2.75, 3.05) is 0 Å². The Balaban J connectivity index is 1.96. The van der Waals surface area contributed by atoms with E-state index in [0.717, 1.165) is 0 Å². The monoisotopic (exact) mass is 260 g/mol. The molecular weight excluding hydrogens is 248 g/mol. The molecule has 0 fully saturated rings. The van der Waals surface area contributed by atoms with Crippen LogP contribution in [0, 0.1) is 0 Å². The molecule has 3 aromatic carbocycles. The van der Waals surface area contributed by atoms with E-state index in [1.54, 1.807) is 0 Å². The second kappa shape index (κ2) is 4.29. The fourth-order valence-electron chi connectivity index (χ4n) is 2.57. The summed E-state index contributed by atoms with van der Waals surface area (Å²) in [6.07, 6.45) is 2.30. The molecule has 1 aliphatic heterocycles. The molecule has 0 bridgehead atoms. The molecule has 0 unspecified atom stereocenters. The fraction of sp³-hybridized carbons (Fsp3) is 0. The molecule has 3 aromatic rings. The van der Waals surface area contributed by atoms with Gasteiger partial charge in [0.2, 0.25) is 0 Å². The third-order valence-electron chi connectivity index (χ3n) is 3.46. The summed E-state index contributed by atoms with van der Waals surface area (Å²) in [5.74, 6) is 0. The summed E-state index contributed by atoms with van der Waals surface area (Å²) in [4.78, 5) is 2.68. The van der Waals surface area contributed by atoms with E-state index in [1.165, 1.54) is 31.7 Å². The molecule has 1 heterocycles. The summed E-state index contributed by atoms with van der Waals surface area (Å²) in [5, 5.41) is 2.71. The van der Waals surface area contributed by atoms with Gasteiger partial charge in [0.05, 0.1) is 0 Å². The zero-order valence-electron chi connectivity index (χ0n) is 10.3. The minimum atomic E-state index is 1.29. The Kier molecular flexibility index (Phi) is 2.46. The Bertz CT molecular complexity index is 780. The van der Waals surface area contributed by atoms with Gasteiger partial charge in [0.15, 0.2) is 0 Å². The molecule has 19 heavy (non-hydrogen) atoms. The predicted octanol–water partition coefficient (Wildman–Crippen LogP) is 5.44. The van der Waals surface area contributed by atoms with Crippen LogP contribution in [-0.4, -0.2) is 0 Å². The Hall–Kier alpha value is -1.99. The average Bonchev–Trinajstić information content (AvgIpc) is 2.49. The maximum absolute atomic E-state index is 2.30. The Morgan fingerprint density at radius 3 is 2.32 bits per heavy atom. The Labute approximate surface area is 116 Å². The highest BCUT2D eigenvalue weighted by Crippen LogP contribution is 2.44. The van der Waals surface area contributed by atoms with E-state index >= 15 is 0 Å². The smallest absolute Gasteiger partial charge is 0.0207 e. The van der Waals surface area contributed by atoms with Crippen molar-refractivity contribution < 1.29 is 0 Å². The van der Waals surface area contributed by atoms with E-state index < -0.39 is 0 Å². The van der Waals surface area contributed by atoms with Gasteiger partial charge in [-0.3, -0.25) is 0 Å². The van der Waals surface area contributed by atoms with Gasteiger partial charge in [-0.25, -0.2) is 0 Å². The molecule has 90 valence electrons. The number of rotatable bonds is 1. The van der Waals surface area contributed by atoms with Crippen LogP contribution in [0.4, 0.5) is 0 Å². The molecule has 0 atom stereocenters. The van der Waals surface area contributed by atoms with Crippen molar-refractivity contribution in [2.24, 2.45) is 0 Å². The van der Waals surface area contributed by atoms with Gasteiger partial charge in [0.1, 0.15) is 0 Å². The highest BCUT2D eigenvalue weighted by Gasteiger charge is 2.14. The summed E-state index contributed by atoms with van der Waals surface area (Å²) < 4.78 is 0. The maximum Gasteiger partial charge on any atom is 0.0207 e. The van der Waals surface area contributed by atoms with Gasteiger partial charge in [-0.1, -0.05) is 72.4 Å². The van der Waals surface area contributed by atoms with Crippen molar-refractivity contribution >= 4 is 33.5 Å². The number of hydrogen-bond acceptors (Lipinski definition) is 1. The first-order valence-corrected chi connectivity index (χ1v) is 7.20. The van der Waals surface area contributed by atoms with Crippen LogP contribution in [0.15, 0.2) is 71.6 Å². The molecule has 0 amide bonds. The summed E-state index contributed by atoms with van der Waals surface area (Å²) in [5.41, 5.74) is 2.62. The van der Waals surface area contributed by atoms with Crippen LogP contribution >= 0.6 is 11.8 Å². The molecule has 0 radical (unpaired) electrons. The van der Waals surface area contributed by atoms with Crippen LogP contribution in [0.5, 0.6) is 0 Å². The van der Waals surface area contributed by atoms with E-state index in [4.69, 9.17) is 0 Å². The van der Waals surface area contributed by atoms with Crippen molar-refractivity contribution in [2.45, 2.75) is 4.90 Å². The lowest BCUT2D eigenvalue weighted by Gasteiger charge is -2.17. The second-order valence-electron chi connectivity index (χ2n) is 4.68. The lowest BCUT2D eigenvalue weighted by atomic mass is 10.0. The van der Waals surface area contributed by atoms with Crippen LogP contribution in [0.25, 0.3) is 21.8 Å². The first-order chi connectivity index (χ1) is 9.42. The van der Waals surface area contributed by atoms with Gasteiger partial charge in [-0.05, 0) is 28.7 Å². The van der Waals surface area contributed by atoms with Gasteiger partial charge in [0, 0.05) is 15.2 Å². The Morgan fingerprint density at radius 1 is 0.684 bits per heavy atom. The normalized spacial score (nSPS) is 13.4. The minimum absolute atomic E-state index is 1.29. The minimum Gasteiger partial charge on any atom is -0.0888 e. The van der Waals surface area contributed by atoms with Crippen LogP contribution in [0.3, 0.4) is 0 Å². The Morgan fingerprint density at radius 2 is 1.47 bits per heavy atom. The third-order valence-corrected chi connectivity index (χ3v) is 4.60. The molecule has 4 rings (SSSR count). The quantitative estimate of drug-likeness (QED) is 0.561. The van der Waals surface area contributed by atoms with Gasteiger partial charge in [-0.2, -0.15) is 0 Å². The first-order valence-electron chi connectivity index (χ1n) is 6.38. The zero-order valence-corrected chi connectivity index (χ0v) is 11.2. The molecule has 1 heteroatoms. The van der Waals surface area contributed by atoms with E-state index in [-0.39, 0.29) is 0 Å². The molecular formula is C18H12S. The highest BCUT2D eigenvalue weighted by atomic mass is 32.2. The largest absolute Gasteiger partial charge is 0.0888 e. The standard InChI is InChI=1S/C18H12S/c1-2-6-13(7-3-1)17-12-15-10-4-8-14-9-5-11-16(19-17)18(14)15/h1-12H. The highest BCUT2D eigenvalue weighted by molar-refractivity contribution is 8.08. The van der Waals surface area contributed by atoms with E-state index in [9.17, 15) is 0 Å². The number of benzene rings is 3. The molecule has 0 saturated carbocycles. The van der Waals surface area contributed by atoms with Crippen molar-refractivity contribution in [3.63, 3.8) is 0 Å². The van der Waals surface area contributed by atoms with Gasteiger partial charge in [0.25, 0.3) is 0 Å². The lowest BCUT2D eigenvalue weighted by Crippen LogP contribution is -1.90. The maximum atomic E-state index is 2.30. The summed E-state index contributed by atoms with van der Waals surface area (Å²) in [6.45, 7) is 0. The lowest BCUT2D eigenvalue weighted by molar-refractivity contribution is 1.53. The topological polar surface area (TPSA) is 0 Å². The van der Waals surface area contributed by atoms with Crippen LogP contribution in [-0.2, 0) is 0 Å². The van der Waals surface area contributed by atoms with Crippen molar-refractivity contribution in [1.82, 2.24) is 0 Å². The molecule has 0 nitrogen and oxygen atoms in total. The predicted molar refractivity (Wildman–Crippen MR) is 84.1 cm³/mol. The summed E-state index contributed by atoms with van der Waals surface area (Å²) in [6, 6.07) is 23.7. The third kappa shape index (κ3) is 1.78. The number of thioether (sulfide) groups is 1. The molecule has 0 aromatic heterocycles. The van der Waals surface area contributed by atoms with Crippen LogP contribution in [0.1, 0.15) is 11.1 Å². The second-order valence-corrected chi connectivity index (χ2v) is 5.76. The SMILES string of the molecule is C1=C(c2ccccc2)Sc2cccc3cccc1c23. The van der Waals surface area contributed by atoms with Crippen molar-refractivity contribution in [1.29, 1.82) is 0 Å². The van der Waals surface area contributed by atoms with Gasteiger partial charge < -0.3 is 0 Å². The molecule has 0 spiro atoms. The molecule has 0 N–H and O–H groups in total. The van der Waals surface area contributed by atoms with E-state index in [1.807, 2.05) is 11.8 Å². The fourth-order valence-corrected chi connectivity index (χ4v) is 3.73.